The van der Waals surface area contributed by atoms with Gasteiger partial charge in [0, 0.05) is 19.4 Å². The molecule has 3 fully saturated rings. The highest BCUT2D eigenvalue weighted by molar-refractivity contribution is 8.18. The van der Waals surface area contributed by atoms with Crippen molar-refractivity contribution >= 4 is 22.8 Å². The molecule has 198 valence electrons. The average Bonchev–Trinajstić information content (AvgIpc) is 3.15. The molecule has 1 aromatic carbocycles. The Balaban J connectivity index is 1.39. The number of alkyl halides is 6. The van der Waals surface area contributed by atoms with Crippen molar-refractivity contribution < 1.29 is 36.2 Å². The Hall–Kier alpha value is -2.05. The number of amides is 1. The van der Waals surface area contributed by atoms with E-state index in [1.807, 2.05) is 11.0 Å². The van der Waals surface area contributed by atoms with Crippen LogP contribution in [0.15, 0.2) is 34.2 Å². The Morgan fingerprint density at radius 3 is 2.58 bits per heavy atom. The predicted octanol–water partition coefficient (Wildman–Crippen LogP) is 5.67. The number of aliphatic hydroxyl groups excluding tert-OH is 1. The smallest absolute Gasteiger partial charge is 0.391 e. The molecule has 1 amide bonds. The first-order valence-corrected chi connectivity index (χ1v) is 12.6. The molecule has 12 heteroatoms. The molecule has 0 spiro atoms. The van der Waals surface area contributed by atoms with E-state index in [9.17, 15) is 36.2 Å². The van der Waals surface area contributed by atoms with Gasteiger partial charge in [0.1, 0.15) is 12.5 Å². The molecule has 2 atom stereocenters. The van der Waals surface area contributed by atoms with Gasteiger partial charge in [-0.2, -0.15) is 13.2 Å². The Bertz CT molecular complexity index is 1040. The lowest BCUT2D eigenvalue weighted by Crippen LogP contribution is -2.40. The number of nitrogens with one attached hydrogen (secondary N) is 1. The van der Waals surface area contributed by atoms with E-state index in [4.69, 9.17) is 0 Å². The number of nitrogens with zero attached hydrogens (tertiary/aromatic N) is 2. The van der Waals surface area contributed by atoms with Gasteiger partial charge in [0.05, 0.1) is 22.6 Å². The maximum Gasteiger partial charge on any atom is 0.416 e. The number of aliphatic hydroxyl groups is 1. The Labute approximate surface area is 209 Å². The standard InChI is InChI=1S/C24H27F6N3O2S/c25-12-16-10-17(24(28,29)30)2-1-15(16)13-33-7-4-14(5-8-33)9-20-21(32-22(35)36-20)31-18-11-23(26,27)6-3-19(18)34/h1-2,9-10,14,18-19,34H,3-8,11-13H2,(H,31,32,35)/b20-9-/t18-,19-/m1/s1. The van der Waals surface area contributed by atoms with Crippen molar-refractivity contribution in [2.24, 2.45) is 10.9 Å². The number of carbonyl (C=O) groups is 1. The number of hydrogen-bond donors (Lipinski definition) is 2. The Morgan fingerprint density at radius 1 is 1.19 bits per heavy atom. The molecule has 4 rings (SSSR count). The van der Waals surface area contributed by atoms with Crippen molar-refractivity contribution in [1.29, 1.82) is 0 Å². The van der Waals surface area contributed by atoms with Crippen LogP contribution in [0.1, 0.15) is 48.8 Å². The fourth-order valence-electron chi connectivity index (χ4n) is 4.75. The summed E-state index contributed by atoms with van der Waals surface area (Å²) in [5.41, 5.74) is -0.332. The fourth-order valence-corrected chi connectivity index (χ4v) is 5.56. The molecule has 0 bridgehead atoms. The van der Waals surface area contributed by atoms with Crippen molar-refractivity contribution in [2.75, 3.05) is 13.1 Å². The van der Waals surface area contributed by atoms with Crippen molar-refractivity contribution in [2.45, 2.75) is 69.6 Å². The van der Waals surface area contributed by atoms with Gasteiger partial charge in [-0.1, -0.05) is 12.1 Å². The molecule has 2 saturated heterocycles. The third-order valence-corrected chi connectivity index (χ3v) is 7.64. The first-order chi connectivity index (χ1) is 16.9. The van der Waals surface area contributed by atoms with Gasteiger partial charge in [-0.15, -0.1) is 0 Å². The third kappa shape index (κ3) is 6.63. The number of halogens is 6. The molecule has 0 unspecified atom stereocenters. The monoisotopic (exact) mass is 535 g/mol. The second kappa shape index (κ2) is 10.7. The topological polar surface area (TPSA) is 64.9 Å². The van der Waals surface area contributed by atoms with E-state index in [1.165, 1.54) is 6.07 Å². The first-order valence-electron chi connectivity index (χ1n) is 11.8. The summed E-state index contributed by atoms with van der Waals surface area (Å²) in [6, 6.07) is 2.15. The number of aliphatic imine (C=N–C) groups is 1. The minimum absolute atomic E-state index is 0.0253. The van der Waals surface area contributed by atoms with Gasteiger partial charge >= 0.3 is 6.18 Å². The van der Waals surface area contributed by atoms with Gasteiger partial charge in [0.15, 0.2) is 0 Å². The SMILES string of the molecule is O=C1NC(=N[C@@H]2CC(F)(F)CC[C@H]2O)/C(=C/C2CCN(Cc3ccc(C(F)(F)F)cc3CF)CC2)S1. The minimum atomic E-state index is -4.53. The van der Waals surface area contributed by atoms with Crippen LogP contribution >= 0.6 is 11.8 Å². The molecule has 0 aromatic heterocycles. The quantitative estimate of drug-likeness (QED) is 0.477. The molecule has 2 N–H and O–H groups in total. The molecule has 1 aliphatic carbocycles. The Kier molecular flexibility index (Phi) is 8.06. The Morgan fingerprint density at radius 2 is 1.92 bits per heavy atom. The van der Waals surface area contributed by atoms with Gasteiger partial charge < -0.3 is 10.4 Å². The molecular weight excluding hydrogens is 508 g/mol. The normalized spacial score (nSPS) is 28.1. The summed E-state index contributed by atoms with van der Waals surface area (Å²) in [7, 11) is 0. The summed E-state index contributed by atoms with van der Waals surface area (Å²) in [5, 5.41) is 12.3. The zero-order chi connectivity index (χ0) is 26.1. The van der Waals surface area contributed by atoms with E-state index in [0.29, 0.717) is 42.9 Å². The summed E-state index contributed by atoms with van der Waals surface area (Å²) >= 11 is 0.933. The lowest BCUT2D eigenvalue weighted by molar-refractivity contribution is -0.137. The van der Waals surface area contributed by atoms with Crippen LogP contribution in [0.2, 0.25) is 0 Å². The largest absolute Gasteiger partial charge is 0.416 e. The second-order valence-corrected chi connectivity index (χ2v) is 10.5. The van der Waals surface area contributed by atoms with E-state index < -0.39 is 49.3 Å². The molecule has 2 heterocycles. The van der Waals surface area contributed by atoms with E-state index in [2.05, 4.69) is 10.3 Å². The van der Waals surface area contributed by atoms with Gasteiger partial charge in [-0.05, 0) is 73.3 Å². The van der Waals surface area contributed by atoms with Crippen molar-refractivity contribution in [3.05, 3.63) is 45.9 Å². The summed E-state index contributed by atoms with van der Waals surface area (Å²) < 4.78 is 79.8. The summed E-state index contributed by atoms with van der Waals surface area (Å²) in [6.45, 7) is 0.584. The molecule has 1 aromatic rings. The van der Waals surface area contributed by atoms with E-state index in [-0.39, 0.29) is 29.0 Å². The zero-order valence-electron chi connectivity index (χ0n) is 19.3. The molecule has 0 radical (unpaired) electrons. The number of amidine groups is 1. The molecule has 2 aliphatic heterocycles. The minimum Gasteiger partial charge on any atom is -0.391 e. The number of likely N-dealkylation sites (tertiary alicyclic amines) is 1. The summed E-state index contributed by atoms with van der Waals surface area (Å²) in [4.78, 5) is 18.8. The summed E-state index contributed by atoms with van der Waals surface area (Å²) in [6.07, 6.45) is -3.27. The number of thioether (sulfide) groups is 1. The number of carbonyl (C=O) groups excluding carboxylic acids is 1. The molecule has 5 nitrogen and oxygen atoms in total. The molecule has 3 aliphatic rings. The van der Waals surface area contributed by atoms with Crippen molar-refractivity contribution in [1.82, 2.24) is 10.2 Å². The van der Waals surface area contributed by atoms with Crippen LogP contribution in [0, 0.1) is 5.92 Å². The molecule has 1 saturated carbocycles. The highest BCUT2D eigenvalue weighted by Crippen LogP contribution is 2.37. The van der Waals surface area contributed by atoms with Crippen LogP contribution in [0.3, 0.4) is 0 Å². The van der Waals surface area contributed by atoms with Crippen LogP contribution in [0.25, 0.3) is 0 Å². The lowest BCUT2D eigenvalue weighted by atomic mass is 9.90. The van der Waals surface area contributed by atoms with Crippen LogP contribution in [-0.2, 0) is 19.4 Å². The number of benzene rings is 1. The van der Waals surface area contributed by atoms with E-state index in [1.54, 1.807) is 0 Å². The van der Waals surface area contributed by atoms with Crippen molar-refractivity contribution in [3.8, 4) is 0 Å². The maximum absolute atomic E-state index is 13.8. The van der Waals surface area contributed by atoms with Crippen LogP contribution in [0.4, 0.5) is 31.1 Å². The number of piperidine rings is 1. The predicted molar refractivity (Wildman–Crippen MR) is 124 cm³/mol. The molecular formula is C24H27F6N3O2S. The van der Waals surface area contributed by atoms with Gasteiger partial charge in [0.2, 0.25) is 5.92 Å². The van der Waals surface area contributed by atoms with E-state index >= 15 is 0 Å². The number of rotatable bonds is 5. The summed E-state index contributed by atoms with van der Waals surface area (Å²) in [5.74, 6) is -2.63. The van der Waals surface area contributed by atoms with Crippen LogP contribution in [-0.4, -0.2) is 52.2 Å². The second-order valence-electron chi connectivity index (χ2n) is 9.49. The zero-order valence-corrected chi connectivity index (χ0v) is 20.1. The molecule has 36 heavy (non-hydrogen) atoms. The maximum atomic E-state index is 13.8. The highest BCUT2D eigenvalue weighted by atomic mass is 32.2. The average molecular weight is 536 g/mol. The first kappa shape index (κ1) is 27.0. The lowest BCUT2D eigenvalue weighted by Gasteiger charge is -2.31. The van der Waals surface area contributed by atoms with Gasteiger partial charge in [-0.25, -0.2) is 13.2 Å². The van der Waals surface area contributed by atoms with Gasteiger partial charge in [0.25, 0.3) is 5.24 Å². The van der Waals surface area contributed by atoms with Gasteiger partial charge in [-0.3, -0.25) is 14.7 Å². The fraction of sp³-hybridized carbons (Fsp3) is 0.583. The van der Waals surface area contributed by atoms with Crippen LogP contribution < -0.4 is 5.32 Å². The number of allylic oxidation sites excluding steroid dienone is 1. The van der Waals surface area contributed by atoms with E-state index in [0.717, 1.165) is 23.9 Å². The third-order valence-electron chi connectivity index (χ3n) is 6.80. The van der Waals surface area contributed by atoms with Crippen molar-refractivity contribution in [3.63, 3.8) is 0 Å². The number of hydrogen-bond acceptors (Lipinski definition) is 5. The highest BCUT2D eigenvalue weighted by Gasteiger charge is 2.41. The van der Waals surface area contributed by atoms with Crippen LogP contribution in [0.5, 0.6) is 0 Å².